The van der Waals surface area contributed by atoms with E-state index in [4.69, 9.17) is 21.4 Å². The number of benzene rings is 1. The molecule has 0 atom stereocenters. The molecule has 0 saturated heterocycles. The minimum atomic E-state index is -1.05. The third kappa shape index (κ3) is 4.00. The van der Waals surface area contributed by atoms with E-state index in [1.807, 2.05) is 0 Å². The number of carboxylic acid groups (broad SMARTS) is 1. The molecule has 1 heterocycles. The summed E-state index contributed by atoms with van der Waals surface area (Å²) in [6.07, 6.45) is 1.64. The number of hydrogen-bond donors (Lipinski definition) is 2. The number of hydrogen-bond acceptors (Lipinski definition) is 3. The van der Waals surface area contributed by atoms with E-state index in [-0.39, 0.29) is 5.91 Å². The first kappa shape index (κ1) is 14.9. The van der Waals surface area contributed by atoms with Gasteiger partial charge in [-0.15, -0.1) is 0 Å². The summed E-state index contributed by atoms with van der Waals surface area (Å²) in [6.45, 7) is -0.409. The molecule has 0 unspecified atom stereocenters. The molecule has 2 rings (SSSR count). The summed E-state index contributed by atoms with van der Waals surface area (Å²) in [5, 5.41) is 11.7. The smallest absolute Gasteiger partial charge is 0.341 e. The second-order valence-corrected chi connectivity index (χ2v) is 4.75. The maximum atomic E-state index is 12.0. The Labute approximate surface area is 125 Å². The Kier molecular flexibility index (Phi) is 4.49. The van der Waals surface area contributed by atoms with Gasteiger partial charge >= 0.3 is 5.97 Å². The highest BCUT2D eigenvalue weighted by atomic mass is 35.5. The molecule has 7 heteroatoms. The summed E-state index contributed by atoms with van der Waals surface area (Å²) in [6, 6.07) is 7.98. The first-order valence-corrected chi connectivity index (χ1v) is 6.41. The summed E-state index contributed by atoms with van der Waals surface area (Å²) < 4.78 is 6.63. The van der Waals surface area contributed by atoms with Crippen molar-refractivity contribution < 1.29 is 19.4 Å². The van der Waals surface area contributed by atoms with Gasteiger partial charge in [0.15, 0.2) is 6.61 Å². The standard InChI is InChI=1S/C14H13ClN2O4/c1-17-7-9(15)6-12(17)14(20)16-10-2-4-11(5-3-10)21-8-13(18)19/h2-7H,8H2,1H3,(H,16,20)(H,18,19). The zero-order valence-electron chi connectivity index (χ0n) is 11.2. The highest BCUT2D eigenvalue weighted by Crippen LogP contribution is 2.18. The van der Waals surface area contributed by atoms with Crippen molar-refractivity contribution in [3.8, 4) is 5.75 Å². The number of carbonyl (C=O) groups excluding carboxylic acids is 1. The lowest BCUT2D eigenvalue weighted by molar-refractivity contribution is -0.139. The molecule has 0 aliphatic heterocycles. The van der Waals surface area contributed by atoms with Gasteiger partial charge in [-0.25, -0.2) is 4.79 Å². The molecule has 0 radical (unpaired) electrons. The number of halogens is 1. The van der Waals surface area contributed by atoms with Crippen molar-refractivity contribution >= 4 is 29.2 Å². The van der Waals surface area contributed by atoms with Crippen LogP contribution in [0.15, 0.2) is 36.5 Å². The Morgan fingerprint density at radius 3 is 2.52 bits per heavy atom. The van der Waals surface area contributed by atoms with E-state index < -0.39 is 12.6 Å². The van der Waals surface area contributed by atoms with E-state index in [2.05, 4.69) is 5.32 Å². The largest absolute Gasteiger partial charge is 0.482 e. The maximum Gasteiger partial charge on any atom is 0.341 e. The van der Waals surface area contributed by atoms with Crippen LogP contribution in [-0.2, 0) is 11.8 Å². The fourth-order valence-corrected chi connectivity index (χ4v) is 1.97. The molecule has 21 heavy (non-hydrogen) atoms. The minimum Gasteiger partial charge on any atom is -0.482 e. The fraction of sp³-hybridized carbons (Fsp3) is 0.143. The normalized spacial score (nSPS) is 10.2. The van der Waals surface area contributed by atoms with Gasteiger partial charge in [-0.05, 0) is 30.3 Å². The number of carbonyl (C=O) groups is 2. The summed E-state index contributed by atoms with van der Waals surface area (Å²) in [4.78, 5) is 22.4. The molecular weight excluding hydrogens is 296 g/mol. The van der Waals surface area contributed by atoms with Gasteiger partial charge in [0.2, 0.25) is 0 Å². The SMILES string of the molecule is Cn1cc(Cl)cc1C(=O)Nc1ccc(OCC(=O)O)cc1. The van der Waals surface area contributed by atoms with Crippen molar-refractivity contribution in [1.82, 2.24) is 4.57 Å². The molecule has 2 aromatic rings. The minimum absolute atomic E-state index is 0.288. The van der Waals surface area contributed by atoms with Crippen LogP contribution in [0, 0.1) is 0 Å². The third-order valence-corrected chi connectivity index (χ3v) is 2.89. The predicted molar refractivity (Wildman–Crippen MR) is 77.9 cm³/mol. The quantitative estimate of drug-likeness (QED) is 0.888. The average Bonchev–Trinajstić information content (AvgIpc) is 2.77. The van der Waals surface area contributed by atoms with Crippen LogP contribution in [0.25, 0.3) is 0 Å². The molecule has 2 N–H and O–H groups in total. The van der Waals surface area contributed by atoms with E-state index in [1.54, 1.807) is 48.1 Å². The van der Waals surface area contributed by atoms with E-state index in [9.17, 15) is 9.59 Å². The lowest BCUT2D eigenvalue weighted by Gasteiger charge is -2.07. The van der Waals surface area contributed by atoms with Crippen LogP contribution >= 0.6 is 11.6 Å². The fourth-order valence-electron chi connectivity index (χ4n) is 1.72. The molecule has 6 nitrogen and oxygen atoms in total. The summed E-state index contributed by atoms with van der Waals surface area (Å²) in [5.41, 5.74) is 1.01. The second-order valence-electron chi connectivity index (χ2n) is 4.32. The van der Waals surface area contributed by atoms with Crippen molar-refractivity contribution in [2.75, 3.05) is 11.9 Å². The van der Waals surface area contributed by atoms with Crippen molar-refractivity contribution in [2.24, 2.45) is 7.05 Å². The summed E-state index contributed by atoms with van der Waals surface area (Å²) in [5.74, 6) is -0.922. The molecular formula is C14H13ClN2O4. The lowest BCUT2D eigenvalue weighted by Crippen LogP contribution is -2.15. The number of ether oxygens (including phenoxy) is 1. The molecule has 0 bridgehead atoms. The number of rotatable bonds is 5. The van der Waals surface area contributed by atoms with Gasteiger partial charge in [0.1, 0.15) is 11.4 Å². The second kappa shape index (κ2) is 6.32. The topological polar surface area (TPSA) is 80.6 Å². The molecule has 0 fully saturated rings. The van der Waals surface area contributed by atoms with Crippen LogP contribution in [0.3, 0.4) is 0 Å². The number of anilines is 1. The monoisotopic (exact) mass is 308 g/mol. The molecule has 0 spiro atoms. The highest BCUT2D eigenvalue weighted by molar-refractivity contribution is 6.31. The number of amides is 1. The van der Waals surface area contributed by atoms with E-state index >= 15 is 0 Å². The number of nitrogens with zero attached hydrogens (tertiary/aromatic N) is 1. The predicted octanol–water partition coefficient (Wildman–Crippen LogP) is 2.39. The van der Waals surface area contributed by atoms with Crippen LogP contribution in [0.2, 0.25) is 5.02 Å². The molecule has 1 aromatic carbocycles. The Balaban J connectivity index is 2.01. The number of aromatic nitrogens is 1. The van der Waals surface area contributed by atoms with E-state index in [1.165, 1.54) is 0 Å². The van der Waals surface area contributed by atoms with Gasteiger partial charge < -0.3 is 19.7 Å². The Bertz CT molecular complexity index is 664. The third-order valence-electron chi connectivity index (χ3n) is 2.68. The van der Waals surface area contributed by atoms with E-state index in [0.717, 1.165) is 0 Å². The van der Waals surface area contributed by atoms with Crippen molar-refractivity contribution in [1.29, 1.82) is 0 Å². The van der Waals surface area contributed by atoms with E-state index in [0.29, 0.717) is 22.2 Å². The van der Waals surface area contributed by atoms with Gasteiger partial charge in [0, 0.05) is 18.9 Å². The molecule has 1 amide bonds. The zero-order valence-corrected chi connectivity index (χ0v) is 11.9. The summed E-state index contributed by atoms with van der Waals surface area (Å²) >= 11 is 5.83. The Hall–Kier alpha value is -2.47. The molecule has 0 aliphatic carbocycles. The maximum absolute atomic E-state index is 12.0. The van der Waals surface area contributed by atoms with Crippen molar-refractivity contribution in [2.45, 2.75) is 0 Å². The first-order chi connectivity index (χ1) is 9.95. The van der Waals surface area contributed by atoms with Crippen molar-refractivity contribution in [3.63, 3.8) is 0 Å². The van der Waals surface area contributed by atoms with Gasteiger partial charge in [-0.1, -0.05) is 11.6 Å². The van der Waals surface area contributed by atoms with Gasteiger partial charge in [-0.2, -0.15) is 0 Å². The average molecular weight is 309 g/mol. The lowest BCUT2D eigenvalue weighted by atomic mass is 10.3. The van der Waals surface area contributed by atoms with Gasteiger partial charge in [-0.3, -0.25) is 4.79 Å². The van der Waals surface area contributed by atoms with Crippen molar-refractivity contribution in [3.05, 3.63) is 47.2 Å². The van der Waals surface area contributed by atoms with Crippen LogP contribution < -0.4 is 10.1 Å². The number of nitrogens with one attached hydrogen (secondary N) is 1. The van der Waals surface area contributed by atoms with Crippen LogP contribution in [0.5, 0.6) is 5.75 Å². The number of aliphatic carboxylic acids is 1. The Morgan fingerprint density at radius 1 is 1.33 bits per heavy atom. The number of carboxylic acids is 1. The van der Waals surface area contributed by atoms with Gasteiger partial charge in [0.25, 0.3) is 5.91 Å². The van der Waals surface area contributed by atoms with Crippen LogP contribution in [0.1, 0.15) is 10.5 Å². The number of aryl methyl sites for hydroxylation is 1. The first-order valence-electron chi connectivity index (χ1n) is 6.03. The highest BCUT2D eigenvalue weighted by Gasteiger charge is 2.11. The summed E-state index contributed by atoms with van der Waals surface area (Å²) in [7, 11) is 1.73. The van der Waals surface area contributed by atoms with Gasteiger partial charge in [0.05, 0.1) is 5.02 Å². The van der Waals surface area contributed by atoms with Crippen LogP contribution in [-0.4, -0.2) is 28.2 Å². The zero-order chi connectivity index (χ0) is 15.4. The molecule has 0 aliphatic rings. The Morgan fingerprint density at radius 2 is 2.00 bits per heavy atom. The molecule has 1 aromatic heterocycles. The van der Waals surface area contributed by atoms with Crippen LogP contribution in [0.4, 0.5) is 5.69 Å². The molecule has 0 saturated carbocycles. The molecule has 110 valence electrons.